The van der Waals surface area contributed by atoms with Crippen LogP contribution in [0.4, 0.5) is 0 Å². The molecule has 1 aromatic rings. The zero-order valence-corrected chi connectivity index (χ0v) is 25.4. The van der Waals surface area contributed by atoms with Gasteiger partial charge in [-0.05, 0) is 76.7 Å². The third-order valence-electron chi connectivity index (χ3n) is 5.46. The van der Waals surface area contributed by atoms with Gasteiger partial charge in [-0.2, -0.15) is 0 Å². The Balaban J connectivity index is 0.00000101. The number of aryl methyl sites for hydroxylation is 2. The largest absolute Gasteiger partial charge is 0.481 e. The molecule has 0 unspecified atom stereocenters. The first-order valence-corrected chi connectivity index (χ1v) is 13.8. The van der Waals surface area contributed by atoms with Gasteiger partial charge in [0.25, 0.3) is 5.97 Å². The summed E-state index contributed by atoms with van der Waals surface area (Å²) >= 11 is 0. The maximum Gasteiger partial charge on any atom is 0.300 e. The molecule has 0 saturated heterocycles. The van der Waals surface area contributed by atoms with Crippen LogP contribution in [0.2, 0.25) is 0 Å². The summed E-state index contributed by atoms with van der Waals surface area (Å²) in [7, 11) is 2.14. The van der Waals surface area contributed by atoms with E-state index in [1.54, 1.807) is 13.8 Å². The molecule has 2 rings (SSSR count). The second-order valence-corrected chi connectivity index (χ2v) is 9.81. The highest BCUT2D eigenvalue weighted by Crippen LogP contribution is 2.17. The van der Waals surface area contributed by atoms with Crippen LogP contribution in [-0.4, -0.2) is 47.0 Å². The van der Waals surface area contributed by atoms with E-state index < -0.39 is 11.6 Å². The molecular weight excluding hydrogens is 484 g/mol. The molecule has 6 nitrogen and oxygen atoms in total. The number of unbranched alkanes of at least 4 members (excludes halogenated alkanes) is 5. The number of nitrogens with zero attached hydrogens (tertiary/aromatic N) is 3. The van der Waals surface area contributed by atoms with E-state index in [1.807, 2.05) is 0 Å². The van der Waals surface area contributed by atoms with Gasteiger partial charge in [0, 0.05) is 26.9 Å². The number of carbonyl (C=O) groups is 1. The average molecular weight is 533 g/mol. The number of amidine groups is 1. The van der Waals surface area contributed by atoms with E-state index in [4.69, 9.17) is 19.9 Å². The molecule has 0 amide bonds. The zero-order valence-electron chi connectivity index (χ0n) is 25.4. The zero-order chi connectivity index (χ0) is 29.5. The fourth-order valence-electron chi connectivity index (χ4n) is 3.54. The Kier molecular flexibility index (Phi) is 19.3. The SMILES string of the molecule is CC#CC#CC#CC.CC(=O)O.CCCCCCCCN(C)C1=NC(C)(C)N=C(CCc2ccc(C)cc2)N1. The normalized spacial score (nSPS) is 12.3. The Bertz CT molecular complexity index is 1070. The summed E-state index contributed by atoms with van der Waals surface area (Å²) in [6.07, 6.45) is 9.80. The van der Waals surface area contributed by atoms with Gasteiger partial charge in [-0.1, -0.05) is 80.7 Å². The summed E-state index contributed by atoms with van der Waals surface area (Å²) in [4.78, 5) is 20.9. The van der Waals surface area contributed by atoms with Gasteiger partial charge in [-0.25, -0.2) is 9.98 Å². The summed E-state index contributed by atoms with van der Waals surface area (Å²) in [6.45, 7) is 14.2. The van der Waals surface area contributed by atoms with Crippen molar-refractivity contribution in [2.75, 3.05) is 13.6 Å². The van der Waals surface area contributed by atoms with Crippen molar-refractivity contribution in [2.24, 2.45) is 9.98 Å². The molecule has 0 saturated carbocycles. The third-order valence-corrected chi connectivity index (χ3v) is 5.46. The van der Waals surface area contributed by atoms with Gasteiger partial charge in [-0.3, -0.25) is 4.79 Å². The van der Waals surface area contributed by atoms with Crippen molar-refractivity contribution in [1.29, 1.82) is 0 Å². The van der Waals surface area contributed by atoms with Crippen LogP contribution in [0, 0.1) is 42.4 Å². The van der Waals surface area contributed by atoms with Gasteiger partial charge in [0.2, 0.25) is 5.96 Å². The van der Waals surface area contributed by atoms with Crippen LogP contribution in [-0.2, 0) is 11.2 Å². The molecule has 2 N–H and O–H groups in total. The Hall–Kier alpha value is -3.69. The van der Waals surface area contributed by atoms with E-state index in [2.05, 4.69) is 105 Å². The molecule has 212 valence electrons. The van der Waals surface area contributed by atoms with E-state index in [1.165, 1.54) is 49.7 Å². The predicted molar refractivity (Wildman–Crippen MR) is 166 cm³/mol. The highest BCUT2D eigenvalue weighted by Gasteiger charge is 2.24. The summed E-state index contributed by atoms with van der Waals surface area (Å²) < 4.78 is 0. The number of rotatable bonds is 10. The van der Waals surface area contributed by atoms with Gasteiger partial charge in [0.1, 0.15) is 11.5 Å². The van der Waals surface area contributed by atoms with E-state index in [0.717, 1.165) is 38.1 Å². The fourth-order valence-corrected chi connectivity index (χ4v) is 3.54. The second kappa shape index (κ2) is 21.3. The lowest BCUT2D eigenvalue weighted by Gasteiger charge is -2.31. The lowest BCUT2D eigenvalue weighted by atomic mass is 10.1. The fraction of sp³-hybridized carbons (Fsp3) is 0.545. The number of aliphatic imine (C=N–C) groups is 2. The first kappa shape index (κ1) is 35.3. The Morgan fingerprint density at radius 3 is 2.00 bits per heavy atom. The highest BCUT2D eigenvalue weighted by molar-refractivity contribution is 6.01. The Labute approximate surface area is 237 Å². The van der Waals surface area contributed by atoms with E-state index in [-0.39, 0.29) is 0 Å². The lowest BCUT2D eigenvalue weighted by molar-refractivity contribution is -0.134. The molecular formula is C33H48N4O2. The number of hydrogen-bond donors (Lipinski definition) is 2. The van der Waals surface area contributed by atoms with Crippen LogP contribution in [0.3, 0.4) is 0 Å². The van der Waals surface area contributed by atoms with Crippen molar-refractivity contribution in [1.82, 2.24) is 10.2 Å². The van der Waals surface area contributed by atoms with Crippen LogP contribution in [0.15, 0.2) is 34.3 Å². The molecule has 0 atom stereocenters. The lowest BCUT2D eigenvalue weighted by Crippen LogP contribution is -2.48. The summed E-state index contributed by atoms with van der Waals surface area (Å²) in [6, 6.07) is 8.78. The molecule has 0 spiro atoms. The van der Waals surface area contributed by atoms with Crippen molar-refractivity contribution >= 4 is 17.8 Å². The first-order chi connectivity index (χ1) is 18.5. The standard InChI is InChI=1S/C23H38N4.C8H6.C2H4O2/c1-6-7-8-9-10-11-18-27(5)22-24-21(25-23(3,4)26-22)17-16-20-14-12-19(2)13-15-20;1-3-5-7-8-6-4-2;1-2(3)4/h12-15H,6-11,16-18H2,1-5H3,(H,24,25,26);1-2H3;1H3,(H,3,4). The molecule has 1 aromatic carbocycles. The van der Waals surface area contributed by atoms with Crippen molar-refractivity contribution in [3.63, 3.8) is 0 Å². The monoisotopic (exact) mass is 532 g/mol. The minimum Gasteiger partial charge on any atom is -0.481 e. The van der Waals surface area contributed by atoms with Crippen LogP contribution in [0.1, 0.15) is 97.6 Å². The van der Waals surface area contributed by atoms with Crippen LogP contribution < -0.4 is 5.32 Å². The molecule has 0 bridgehead atoms. The molecule has 0 aliphatic carbocycles. The molecule has 6 heteroatoms. The van der Waals surface area contributed by atoms with Crippen molar-refractivity contribution in [3.8, 4) is 35.5 Å². The van der Waals surface area contributed by atoms with Crippen molar-refractivity contribution in [2.45, 2.75) is 105 Å². The molecule has 1 heterocycles. The molecule has 0 fully saturated rings. The van der Waals surface area contributed by atoms with E-state index in [9.17, 15) is 0 Å². The van der Waals surface area contributed by atoms with Gasteiger partial charge in [0.15, 0.2) is 0 Å². The number of aliphatic carboxylic acids is 1. The summed E-state index contributed by atoms with van der Waals surface area (Å²) in [5.41, 5.74) is 2.27. The first-order valence-electron chi connectivity index (χ1n) is 13.8. The van der Waals surface area contributed by atoms with Gasteiger partial charge in [0.05, 0.1) is 0 Å². The predicted octanol–water partition coefficient (Wildman–Crippen LogP) is 6.44. The van der Waals surface area contributed by atoms with E-state index in [0.29, 0.717) is 0 Å². The molecule has 0 aromatic heterocycles. The Morgan fingerprint density at radius 1 is 0.923 bits per heavy atom. The molecule has 0 radical (unpaired) electrons. The average Bonchev–Trinajstić information content (AvgIpc) is 2.87. The molecule has 1 aliphatic rings. The molecule has 39 heavy (non-hydrogen) atoms. The third kappa shape index (κ3) is 20.0. The number of carboxylic acids is 1. The number of hydrogen-bond acceptors (Lipinski definition) is 5. The molecule has 1 aliphatic heterocycles. The second-order valence-electron chi connectivity index (χ2n) is 9.81. The highest BCUT2D eigenvalue weighted by atomic mass is 16.4. The van der Waals surface area contributed by atoms with Crippen molar-refractivity contribution < 1.29 is 9.90 Å². The van der Waals surface area contributed by atoms with Gasteiger partial charge in [-0.15, -0.1) is 0 Å². The Morgan fingerprint density at radius 2 is 1.46 bits per heavy atom. The van der Waals surface area contributed by atoms with Crippen LogP contribution >= 0.6 is 0 Å². The maximum atomic E-state index is 9.00. The number of nitrogens with one attached hydrogen (secondary N) is 1. The van der Waals surface area contributed by atoms with E-state index >= 15 is 0 Å². The van der Waals surface area contributed by atoms with Gasteiger partial charge < -0.3 is 15.3 Å². The minimum absolute atomic E-state index is 0.390. The van der Waals surface area contributed by atoms with Crippen LogP contribution in [0.25, 0.3) is 0 Å². The van der Waals surface area contributed by atoms with Gasteiger partial charge >= 0.3 is 0 Å². The summed E-state index contributed by atoms with van der Waals surface area (Å²) in [5.74, 6) is 16.7. The topological polar surface area (TPSA) is 77.3 Å². The van der Waals surface area contributed by atoms with Crippen molar-refractivity contribution in [3.05, 3.63) is 35.4 Å². The number of benzene rings is 1. The smallest absolute Gasteiger partial charge is 0.300 e. The quantitative estimate of drug-likeness (QED) is 0.268. The van der Waals surface area contributed by atoms with Crippen LogP contribution in [0.5, 0.6) is 0 Å². The minimum atomic E-state index is -0.833. The summed E-state index contributed by atoms with van der Waals surface area (Å²) in [5, 5.41) is 10.9. The maximum absolute atomic E-state index is 9.00. The number of guanidine groups is 1. The number of carboxylic acid groups (broad SMARTS) is 1.